The fourth-order valence-corrected chi connectivity index (χ4v) is 2.25. The maximum Gasteiger partial charge on any atom is 0.265 e. The van der Waals surface area contributed by atoms with Crippen LogP contribution >= 0.6 is 0 Å². The Morgan fingerprint density at radius 2 is 1.68 bits per heavy atom. The number of hydrogen-bond donors (Lipinski definition) is 1. The van der Waals surface area contributed by atoms with Crippen LogP contribution in [0.4, 0.5) is 5.69 Å². The molecule has 0 radical (unpaired) electrons. The molecular formula is C19H23NO2. The van der Waals surface area contributed by atoms with Gasteiger partial charge in [0.05, 0.1) is 0 Å². The highest BCUT2D eigenvalue weighted by Crippen LogP contribution is 2.26. The third-order valence-corrected chi connectivity index (χ3v) is 3.79. The van der Waals surface area contributed by atoms with E-state index in [1.54, 1.807) is 6.92 Å². The minimum atomic E-state index is -0.549. The van der Waals surface area contributed by atoms with E-state index in [0.29, 0.717) is 11.7 Å². The third kappa shape index (κ3) is 4.10. The quantitative estimate of drug-likeness (QED) is 0.845. The van der Waals surface area contributed by atoms with Crippen molar-refractivity contribution >= 4 is 11.6 Å². The number of ether oxygens (including phenoxy) is 1. The van der Waals surface area contributed by atoms with Crippen LogP contribution < -0.4 is 10.1 Å². The highest BCUT2D eigenvalue weighted by Gasteiger charge is 2.17. The summed E-state index contributed by atoms with van der Waals surface area (Å²) < 4.78 is 5.66. The largest absolute Gasteiger partial charge is 0.481 e. The van der Waals surface area contributed by atoms with Gasteiger partial charge in [-0.3, -0.25) is 4.79 Å². The van der Waals surface area contributed by atoms with Gasteiger partial charge >= 0.3 is 0 Å². The molecule has 0 aliphatic rings. The zero-order valence-electron chi connectivity index (χ0n) is 13.4. The van der Waals surface area contributed by atoms with E-state index >= 15 is 0 Å². The molecule has 2 aromatic carbocycles. The van der Waals surface area contributed by atoms with Crippen molar-refractivity contribution in [3.05, 3.63) is 60.2 Å². The van der Waals surface area contributed by atoms with Crippen LogP contribution in [0.1, 0.15) is 38.7 Å². The molecule has 3 heteroatoms. The van der Waals surface area contributed by atoms with Crippen molar-refractivity contribution in [3.8, 4) is 5.75 Å². The van der Waals surface area contributed by atoms with Gasteiger partial charge in [0.1, 0.15) is 5.75 Å². The lowest BCUT2D eigenvalue weighted by Gasteiger charge is -2.18. The predicted molar refractivity (Wildman–Crippen MR) is 90.3 cm³/mol. The summed E-state index contributed by atoms with van der Waals surface area (Å²) in [5.74, 6) is 0.960. The number of para-hydroxylation sites is 2. The Balaban J connectivity index is 2.05. The molecule has 1 N–H and O–H groups in total. The van der Waals surface area contributed by atoms with Gasteiger partial charge in [0.25, 0.3) is 5.91 Å². The van der Waals surface area contributed by atoms with Crippen LogP contribution in [0.25, 0.3) is 0 Å². The van der Waals surface area contributed by atoms with E-state index in [2.05, 4.69) is 25.2 Å². The Morgan fingerprint density at radius 1 is 1.05 bits per heavy atom. The Morgan fingerprint density at radius 3 is 2.36 bits per heavy atom. The number of rotatable bonds is 6. The first-order valence-electron chi connectivity index (χ1n) is 7.73. The number of amides is 1. The van der Waals surface area contributed by atoms with Crippen LogP contribution in [0.5, 0.6) is 5.75 Å². The molecule has 22 heavy (non-hydrogen) atoms. The number of hydrogen-bond acceptors (Lipinski definition) is 2. The van der Waals surface area contributed by atoms with Gasteiger partial charge in [-0.2, -0.15) is 0 Å². The molecule has 0 spiro atoms. The molecule has 2 rings (SSSR count). The van der Waals surface area contributed by atoms with Gasteiger partial charge in [-0.1, -0.05) is 50.2 Å². The second-order valence-corrected chi connectivity index (χ2v) is 5.46. The summed E-state index contributed by atoms with van der Waals surface area (Å²) in [7, 11) is 0. The van der Waals surface area contributed by atoms with E-state index in [1.165, 1.54) is 0 Å². The summed E-state index contributed by atoms with van der Waals surface area (Å²) in [6, 6.07) is 17.3. The molecular weight excluding hydrogens is 274 g/mol. The standard InChI is InChI=1S/C19H23NO2/c1-4-14(2)17-12-8-9-13-18(17)20-19(21)15(3)22-16-10-6-5-7-11-16/h5-15H,4H2,1-3H3,(H,20,21)/t14-,15-/m0/s1. The van der Waals surface area contributed by atoms with Crippen molar-refractivity contribution in [2.75, 3.05) is 5.32 Å². The van der Waals surface area contributed by atoms with Crippen LogP contribution in [0, 0.1) is 0 Å². The number of carbonyl (C=O) groups is 1. The smallest absolute Gasteiger partial charge is 0.265 e. The van der Waals surface area contributed by atoms with Gasteiger partial charge in [0, 0.05) is 5.69 Å². The monoisotopic (exact) mass is 297 g/mol. The number of benzene rings is 2. The lowest BCUT2D eigenvalue weighted by atomic mass is 9.97. The van der Waals surface area contributed by atoms with Crippen LogP contribution in [0.2, 0.25) is 0 Å². The lowest BCUT2D eigenvalue weighted by Crippen LogP contribution is -2.30. The predicted octanol–water partition coefficient (Wildman–Crippen LogP) is 4.61. The third-order valence-electron chi connectivity index (χ3n) is 3.79. The van der Waals surface area contributed by atoms with Gasteiger partial charge in [-0.25, -0.2) is 0 Å². The minimum Gasteiger partial charge on any atom is -0.481 e. The van der Waals surface area contributed by atoms with Gasteiger partial charge in [0.2, 0.25) is 0 Å². The summed E-state index contributed by atoms with van der Waals surface area (Å²) in [4.78, 5) is 12.3. The summed E-state index contributed by atoms with van der Waals surface area (Å²) in [5.41, 5.74) is 2.02. The van der Waals surface area contributed by atoms with Crippen LogP contribution in [0.3, 0.4) is 0 Å². The van der Waals surface area contributed by atoms with Gasteiger partial charge in [-0.15, -0.1) is 0 Å². The minimum absolute atomic E-state index is 0.139. The van der Waals surface area contributed by atoms with E-state index < -0.39 is 6.10 Å². The van der Waals surface area contributed by atoms with Crippen LogP contribution in [0.15, 0.2) is 54.6 Å². The van der Waals surface area contributed by atoms with Gasteiger partial charge < -0.3 is 10.1 Å². The number of nitrogens with one attached hydrogen (secondary N) is 1. The first kappa shape index (κ1) is 16.1. The topological polar surface area (TPSA) is 38.3 Å². The first-order chi connectivity index (χ1) is 10.6. The molecule has 0 fully saturated rings. The second kappa shape index (κ2) is 7.64. The Hall–Kier alpha value is -2.29. The fraction of sp³-hybridized carbons (Fsp3) is 0.316. The Bertz CT molecular complexity index is 610. The molecule has 1 amide bonds. The van der Waals surface area contributed by atoms with E-state index in [-0.39, 0.29) is 5.91 Å². The van der Waals surface area contributed by atoms with Crippen molar-refractivity contribution in [2.45, 2.75) is 39.2 Å². The van der Waals surface area contributed by atoms with E-state index in [9.17, 15) is 4.79 Å². The fourth-order valence-electron chi connectivity index (χ4n) is 2.25. The zero-order chi connectivity index (χ0) is 15.9. The SMILES string of the molecule is CC[C@H](C)c1ccccc1NC(=O)[C@H](C)Oc1ccccc1. The molecule has 116 valence electrons. The highest BCUT2D eigenvalue weighted by atomic mass is 16.5. The molecule has 0 aromatic heterocycles. The Labute approximate surface area is 132 Å². The van der Waals surface area contributed by atoms with Crippen LogP contribution in [-0.2, 0) is 4.79 Å². The average molecular weight is 297 g/mol. The van der Waals surface area contributed by atoms with Crippen molar-refractivity contribution in [1.82, 2.24) is 0 Å². The van der Waals surface area contributed by atoms with E-state index in [1.807, 2.05) is 48.5 Å². The molecule has 0 heterocycles. The molecule has 3 nitrogen and oxygen atoms in total. The molecule has 0 saturated carbocycles. The van der Waals surface area contributed by atoms with E-state index in [4.69, 9.17) is 4.74 Å². The van der Waals surface area contributed by atoms with Crippen molar-refractivity contribution < 1.29 is 9.53 Å². The molecule has 0 aliphatic heterocycles. The normalized spacial score (nSPS) is 13.2. The molecule has 2 atom stereocenters. The molecule has 0 aliphatic carbocycles. The average Bonchev–Trinajstić information content (AvgIpc) is 2.55. The van der Waals surface area contributed by atoms with Gasteiger partial charge in [-0.05, 0) is 43.0 Å². The maximum atomic E-state index is 12.3. The van der Waals surface area contributed by atoms with E-state index in [0.717, 1.165) is 17.7 Å². The number of carbonyl (C=O) groups excluding carboxylic acids is 1. The molecule has 0 bridgehead atoms. The lowest BCUT2D eigenvalue weighted by molar-refractivity contribution is -0.122. The molecule has 2 aromatic rings. The summed E-state index contributed by atoms with van der Waals surface area (Å²) >= 11 is 0. The summed E-state index contributed by atoms with van der Waals surface area (Å²) in [6.45, 7) is 6.06. The molecule has 0 unspecified atom stereocenters. The van der Waals surface area contributed by atoms with Crippen LogP contribution in [-0.4, -0.2) is 12.0 Å². The highest BCUT2D eigenvalue weighted by molar-refractivity contribution is 5.94. The van der Waals surface area contributed by atoms with Gasteiger partial charge in [0.15, 0.2) is 6.10 Å². The van der Waals surface area contributed by atoms with Crippen molar-refractivity contribution in [1.29, 1.82) is 0 Å². The zero-order valence-corrected chi connectivity index (χ0v) is 13.4. The van der Waals surface area contributed by atoms with Crippen molar-refractivity contribution in [2.24, 2.45) is 0 Å². The summed E-state index contributed by atoms with van der Waals surface area (Å²) in [6.07, 6.45) is 0.482. The number of anilines is 1. The van der Waals surface area contributed by atoms with Crippen molar-refractivity contribution in [3.63, 3.8) is 0 Å². The second-order valence-electron chi connectivity index (χ2n) is 5.46. The molecule has 0 saturated heterocycles. The maximum absolute atomic E-state index is 12.3. The first-order valence-corrected chi connectivity index (χ1v) is 7.73. The Kier molecular flexibility index (Phi) is 5.59. The summed E-state index contributed by atoms with van der Waals surface area (Å²) in [5, 5.41) is 2.98.